The number of fused-ring (bicyclic) bond motifs is 3. The first-order valence-corrected chi connectivity index (χ1v) is 11.8. The number of piperidine rings is 1. The maximum absolute atomic E-state index is 13.4. The van der Waals surface area contributed by atoms with E-state index in [0.29, 0.717) is 29.0 Å². The molecule has 4 aromatic rings. The Labute approximate surface area is 197 Å². The Morgan fingerprint density at radius 2 is 2.00 bits per heavy atom. The van der Waals surface area contributed by atoms with Gasteiger partial charge in [0.2, 0.25) is 0 Å². The summed E-state index contributed by atoms with van der Waals surface area (Å²) in [5.41, 5.74) is 3.86. The van der Waals surface area contributed by atoms with Crippen molar-refractivity contribution in [2.75, 3.05) is 37.0 Å². The van der Waals surface area contributed by atoms with Crippen molar-refractivity contribution in [3.8, 4) is 5.75 Å². The molecule has 9 heteroatoms. The van der Waals surface area contributed by atoms with Crippen molar-refractivity contribution in [1.82, 2.24) is 24.9 Å². The van der Waals surface area contributed by atoms with E-state index in [1.165, 1.54) is 12.1 Å². The number of rotatable bonds is 4. The monoisotopic (exact) mass is 459 g/mol. The molecule has 2 N–H and O–H groups in total. The van der Waals surface area contributed by atoms with E-state index in [-0.39, 0.29) is 5.91 Å². The van der Waals surface area contributed by atoms with Crippen LogP contribution in [0.4, 0.5) is 11.4 Å². The standard InChI is InChI=1S/C25H29N7O2/c1-30-13-16-10-20(23(34-3)11-19(16)28-30)27-25(33)17-4-5-22(18-14-31(2)29-24(17)18)32-9-7-15-12-26-8-6-21(15)32/h4-5,10-11,13-15,21,26H,6-9,12H2,1-3H3,(H,27,33)/t15-,21+/m1/s1. The first-order valence-electron chi connectivity index (χ1n) is 11.8. The van der Waals surface area contributed by atoms with Crippen LogP contribution in [0.25, 0.3) is 21.8 Å². The highest BCUT2D eigenvalue weighted by Crippen LogP contribution is 2.38. The molecule has 2 aliphatic rings. The molecule has 2 aromatic carbocycles. The van der Waals surface area contributed by atoms with Crippen LogP contribution in [0, 0.1) is 5.92 Å². The molecule has 0 spiro atoms. The maximum Gasteiger partial charge on any atom is 0.258 e. The van der Waals surface area contributed by atoms with Gasteiger partial charge in [0.25, 0.3) is 5.91 Å². The van der Waals surface area contributed by atoms with E-state index in [1.807, 2.05) is 44.7 Å². The van der Waals surface area contributed by atoms with Gasteiger partial charge in [-0.15, -0.1) is 0 Å². The van der Waals surface area contributed by atoms with Crippen LogP contribution in [0.2, 0.25) is 0 Å². The molecule has 2 saturated heterocycles. The zero-order chi connectivity index (χ0) is 23.4. The summed E-state index contributed by atoms with van der Waals surface area (Å²) in [6.45, 7) is 3.17. The molecule has 0 unspecified atom stereocenters. The predicted molar refractivity (Wildman–Crippen MR) is 133 cm³/mol. The average Bonchev–Trinajstić information content (AvgIpc) is 3.52. The lowest BCUT2D eigenvalue weighted by molar-refractivity contribution is 0.102. The number of ether oxygens (including phenoxy) is 1. The van der Waals surface area contributed by atoms with Crippen LogP contribution in [0.1, 0.15) is 23.2 Å². The van der Waals surface area contributed by atoms with Crippen molar-refractivity contribution in [3.05, 3.63) is 42.2 Å². The summed E-state index contributed by atoms with van der Waals surface area (Å²) in [5, 5.41) is 17.6. The van der Waals surface area contributed by atoms with Gasteiger partial charge in [0.15, 0.2) is 0 Å². The number of amides is 1. The van der Waals surface area contributed by atoms with Crippen molar-refractivity contribution >= 4 is 39.1 Å². The van der Waals surface area contributed by atoms with E-state index in [4.69, 9.17) is 4.74 Å². The largest absolute Gasteiger partial charge is 0.494 e. The summed E-state index contributed by atoms with van der Waals surface area (Å²) in [7, 11) is 5.37. The fourth-order valence-corrected chi connectivity index (χ4v) is 5.66. The molecule has 2 atom stereocenters. The van der Waals surface area contributed by atoms with Crippen LogP contribution < -0.4 is 20.3 Å². The van der Waals surface area contributed by atoms with Crippen LogP contribution in [0.15, 0.2) is 36.7 Å². The third-order valence-corrected chi connectivity index (χ3v) is 7.22. The molecule has 176 valence electrons. The molecule has 0 bridgehead atoms. The number of aryl methyl sites for hydroxylation is 2. The quantitative estimate of drug-likeness (QED) is 0.488. The SMILES string of the molecule is COc1cc2nn(C)cc2cc1NC(=O)c1ccc(N2CC[C@@H]3CNCC[C@@H]32)c2cn(C)nc12. The van der Waals surface area contributed by atoms with Gasteiger partial charge in [0.05, 0.1) is 23.9 Å². The number of carbonyl (C=O) groups excluding carboxylic acids is 1. The highest BCUT2D eigenvalue weighted by molar-refractivity contribution is 6.14. The number of hydrogen-bond donors (Lipinski definition) is 2. The Balaban J connectivity index is 1.36. The Morgan fingerprint density at radius 1 is 1.15 bits per heavy atom. The molecule has 9 nitrogen and oxygen atoms in total. The van der Waals surface area contributed by atoms with Gasteiger partial charge < -0.3 is 20.3 Å². The minimum absolute atomic E-state index is 0.210. The fraction of sp³-hybridized carbons (Fsp3) is 0.400. The molecular formula is C25H29N7O2. The van der Waals surface area contributed by atoms with Gasteiger partial charge in [0, 0.05) is 61.6 Å². The maximum atomic E-state index is 13.4. The zero-order valence-electron chi connectivity index (χ0n) is 19.7. The van der Waals surface area contributed by atoms with Crippen LogP contribution in [0.5, 0.6) is 5.75 Å². The fourth-order valence-electron chi connectivity index (χ4n) is 5.66. The average molecular weight is 460 g/mol. The highest BCUT2D eigenvalue weighted by atomic mass is 16.5. The Kier molecular flexibility index (Phi) is 4.95. The van der Waals surface area contributed by atoms with E-state index < -0.39 is 0 Å². The summed E-state index contributed by atoms with van der Waals surface area (Å²) < 4.78 is 9.07. The molecule has 4 heterocycles. The van der Waals surface area contributed by atoms with Gasteiger partial charge in [-0.3, -0.25) is 14.2 Å². The lowest BCUT2D eigenvalue weighted by Gasteiger charge is -2.34. The molecule has 0 aliphatic carbocycles. The summed E-state index contributed by atoms with van der Waals surface area (Å²) in [6, 6.07) is 8.27. The van der Waals surface area contributed by atoms with Crippen LogP contribution in [-0.4, -0.2) is 58.3 Å². The van der Waals surface area contributed by atoms with Gasteiger partial charge in [-0.1, -0.05) is 0 Å². The van der Waals surface area contributed by atoms with Crippen molar-refractivity contribution in [1.29, 1.82) is 0 Å². The highest BCUT2D eigenvalue weighted by Gasteiger charge is 2.36. The Bertz CT molecular complexity index is 1410. The molecule has 34 heavy (non-hydrogen) atoms. The molecule has 0 saturated carbocycles. The van der Waals surface area contributed by atoms with E-state index >= 15 is 0 Å². The van der Waals surface area contributed by atoms with E-state index in [9.17, 15) is 4.79 Å². The van der Waals surface area contributed by atoms with Crippen LogP contribution in [-0.2, 0) is 14.1 Å². The second kappa shape index (κ2) is 8.02. The minimum atomic E-state index is -0.210. The van der Waals surface area contributed by atoms with Gasteiger partial charge in [-0.25, -0.2) is 0 Å². The summed E-state index contributed by atoms with van der Waals surface area (Å²) in [4.78, 5) is 16.0. The van der Waals surface area contributed by atoms with E-state index in [2.05, 4.69) is 31.8 Å². The molecule has 1 amide bonds. The topological polar surface area (TPSA) is 89.2 Å². The smallest absolute Gasteiger partial charge is 0.258 e. The summed E-state index contributed by atoms with van der Waals surface area (Å²) in [5.74, 6) is 1.04. The molecule has 2 aliphatic heterocycles. The van der Waals surface area contributed by atoms with Gasteiger partial charge in [0.1, 0.15) is 11.3 Å². The predicted octanol–water partition coefficient (Wildman–Crippen LogP) is 2.91. The molecule has 0 radical (unpaired) electrons. The third kappa shape index (κ3) is 3.38. The van der Waals surface area contributed by atoms with Crippen molar-refractivity contribution in [3.63, 3.8) is 0 Å². The number of anilines is 2. The number of methoxy groups -OCH3 is 1. The lowest BCUT2D eigenvalue weighted by atomic mass is 9.94. The number of benzene rings is 2. The summed E-state index contributed by atoms with van der Waals surface area (Å²) in [6.07, 6.45) is 6.28. The number of aromatic nitrogens is 4. The second-order valence-corrected chi connectivity index (χ2v) is 9.37. The zero-order valence-corrected chi connectivity index (χ0v) is 19.7. The van der Waals surface area contributed by atoms with E-state index in [0.717, 1.165) is 47.9 Å². The molecular weight excluding hydrogens is 430 g/mol. The van der Waals surface area contributed by atoms with Crippen LogP contribution in [0.3, 0.4) is 0 Å². The molecule has 2 aromatic heterocycles. The van der Waals surface area contributed by atoms with Gasteiger partial charge in [-0.2, -0.15) is 10.2 Å². The van der Waals surface area contributed by atoms with E-state index in [1.54, 1.807) is 16.5 Å². The number of hydrogen-bond acceptors (Lipinski definition) is 6. The normalized spacial score (nSPS) is 20.1. The van der Waals surface area contributed by atoms with Gasteiger partial charge >= 0.3 is 0 Å². The number of carbonyl (C=O) groups is 1. The van der Waals surface area contributed by atoms with Crippen LogP contribution >= 0.6 is 0 Å². The third-order valence-electron chi connectivity index (χ3n) is 7.22. The van der Waals surface area contributed by atoms with Crippen molar-refractivity contribution < 1.29 is 9.53 Å². The molecule has 6 rings (SSSR count). The number of nitrogens with one attached hydrogen (secondary N) is 2. The minimum Gasteiger partial charge on any atom is -0.494 e. The Morgan fingerprint density at radius 3 is 2.85 bits per heavy atom. The van der Waals surface area contributed by atoms with Crippen molar-refractivity contribution in [2.24, 2.45) is 20.0 Å². The summed E-state index contributed by atoms with van der Waals surface area (Å²) >= 11 is 0. The second-order valence-electron chi connectivity index (χ2n) is 9.37. The van der Waals surface area contributed by atoms with Gasteiger partial charge in [-0.05, 0) is 50.0 Å². The first-order chi connectivity index (χ1) is 16.5. The first kappa shape index (κ1) is 21.0. The molecule has 2 fully saturated rings. The lowest BCUT2D eigenvalue weighted by Crippen LogP contribution is -2.43. The number of nitrogens with zero attached hydrogens (tertiary/aromatic N) is 5. The Hall–Kier alpha value is -3.59. The van der Waals surface area contributed by atoms with Crippen molar-refractivity contribution in [2.45, 2.75) is 18.9 Å².